The van der Waals surface area contributed by atoms with Gasteiger partial charge in [0.1, 0.15) is 17.9 Å². The second-order valence-corrected chi connectivity index (χ2v) is 7.36. The molecule has 0 spiro atoms. The molecule has 0 radical (unpaired) electrons. The first kappa shape index (κ1) is 20.6. The number of imide groups is 2. The molecule has 1 saturated heterocycles. The van der Waals surface area contributed by atoms with Crippen molar-refractivity contribution in [3.63, 3.8) is 0 Å². The summed E-state index contributed by atoms with van der Waals surface area (Å²) in [4.78, 5) is 38.6. The summed E-state index contributed by atoms with van der Waals surface area (Å²) in [5.74, 6) is 1.12. The number of rotatable bonds is 4. The molecule has 3 rings (SSSR count). The maximum Gasteiger partial charge on any atom is 0.335 e. The summed E-state index contributed by atoms with van der Waals surface area (Å²) in [5, 5.41) is 2.56. The van der Waals surface area contributed by atoms with Crippen molar-refractivity contribution in [2.75, 3.05) is 11.5 Å². The third kappa shape index (κ3) is 4.34. The van der Waals surface area contributed by atoms with Crippen molar-refractivity contribution in [1.82, 2.24) is 5.32 Å². The van der Waals surface area contributed by atoms with Gasteiger partial charge in [0.05, 0.1) is 5.69 Å². The van der Waals surface area contributed by atoms with Crippen molar-refractivity contribution in [2.45, 2.75) is 6.92 Å². The molecule has 1 N–H and O–H groups in total. The van der Waals surface area contributed by atoms with Crippen LogP contribution in [0.3, 0.4) is 0 Å². The molecular formula is C21H14BrClN2O4. The van der Waals surface area contributed by atoms with Crippen molar-refractivity contribution in [1.29, 1.82) is 0 Å². The number of carbonyl (C=O) groups excluding carboxylic acids is 3. The minimum Gasteiger partial charge on any atom is -0.480 e. The van der Waals surface area contributed by atoms with Crippen molar-refractivity contribution in [3.8, 4) is 18.1 Å². The number of carbonyl (C=O) groups is 3. The summed E-state index contributed by atoms with van der Waals surface area (Å²) in [7, 11) is 0. The summed E-state index contributed by atoms with van der Waals surface area (Å²) in [5.41, 5.74) is 1.30. The molecule has 0 unspecified atom stereocenters. The van der Waals surface area contributed by atoms with Gasteiger partial charge in [0.25, 0.3) is 11.8 Å². The Balaban J connectivity index is 2.05. The molecule has 0 bridgehead atoms. The lowest BCUT2D eigenvalue weighted by Gasteiger charge is -2.26. The second kappa shape index (κ2) is 8.52. The third-order valence-corrected chi connectivity index (χ3v) is 5.21. The molecule has 0 aliphatic carbocycles. The predicted octanol–water partition coefficient (Wildman–Crippen LogP) is 4.09. The number of nitrogens with zero attached hydrogens (tertiary/aromatic N) is 1. The Morgan fingerprint density at radius 1 is 1.24 bits per heavy atom. The summed E-state index contributed by atoms with van der Waals surface area (Å²) < 4.78 is 6.27. The number of terminal acetylenes is 1. The zero-order valence-corrected chi connectivity index (χ0v) is 17.5. The van der Waals surface area contributed by atoms with Crippen LogP contribution in [0.15, 0.2) is 46.4 Å². The van der Waals surface area contributed by atoms with Gasteiger partial charge in [-0.2, -0.15) is 0 Å². The number of barbiturate groups is 1. The Labute approximate surface area is 180 Å². The number of nitrogens with one attached hydrogen (secondary N) is 1. The molecular weight excluding hydrogens is 460 g/mol. The van der Waals surface area contributed by atoms with Crippen LogP contribution in [0.4, 0.5) is 10.5 Å². The first-order chi connectivity index (χ1) is 13.8. The lowest BCUT2D eigenvalue weighted by atomic mass is 10.1. The maximum atomic E-state index is 13.0. The van der Waals surface area contributed by atoms with Gasteiger partial charge in [-0.05, 0) is 55.0 Å². The van der Waals surface area contributed by atoms with E-state index in [0.717, 1.165) is 14.9 Å². The van der Waals surface area contributed by atoms with Crippen molar-refractivity contribution < 1.29 is 19.1 Å². The van der Waals surface area contributed by atoms with E-state index in [1.54, 1.807) is 30.3 Å². The number of urea groups is 1. The van der Waals surface area contributed by atoms with Crippen LogP contribution in [0.25, 0.3) is 6.08 Å². The molecule has 0 saturated carbocycles. The van der Waals surface area contributed by atoms with E-state index < -0.39 is 17.8 Å². The van der Waals surface area contributed by atoms with Gasteiger partial charge in [0, 0.05) is 15.1 Å². The number of aryl methyl sites for hydroxylation is 1. The van der Waals surface area contributed by atoms with Crippen LogP contribution in [0.2, 0.25) is 5.02 Å². The Hall–Kier alpha value is -3.08. The number of benzene rings is 2. The van der Waals surface area contributed by atoms with Crippen LogP contribution in [-0.4, -0.2) is 24.5 Å². The van der Waals surface area contributed by atoms with Gasteiger partial charge in [-0.3, -0.25) is 14.9 Å². The molecule has 1 aliphatic heterocycles. The van der Waals surface area contributed by atoms with E-state index in [1.807, 2.05) is 6.92 Å². The lowest BCUT2D eigenvalue weighted by Crippen LogP contribution is -2.54. The van der Waals surface area contributed by atoms with Crippen LogP contribution in [0.1, 0.15) is 11.1 Å². The van der Waals surface area contributed by atoms with Crippen LogP contribution in [-0.2, 0) is 9.59 Å². The number of hydrogen-bond acceptors (Lipinski definition) is 4. The molecule has 2 aromatic carbocycles. The van der Waals surface area contributed by atoms with Gasteiger partial charge in [-0.25, -0.2) is 9.69 Å². The number of amides is 4. The highest BCUT2D eigenvalue weighted by Gasteiger charge is 2.37. The molecule has 1 heterocycles. The minimum absolute atomic E-state index is 0.000724. The van der Waals surface area contributed by atoms with Crippen LogP contribution >= 0.6 is 27.5 Å². The largest absolute Gasteiger partial charge is 0.480 e. The number of ether oxygens (including phenoxy) is 1. The molecule has 1 aliphatic rings. The van der Waals surface area contributed by atoms with Gasteiger partial charge in [-0.1, -0.05) is 33.5 Å². The van der Waals surface area contributed by atoms with Gasteiger partial charge in [0.2, 0.25) is 0 Å². The van der Waals surface area contributed by atoms with E-state index in [1.165, 1.54) is 12.1 Å². The zero-order chi connectivity index (χ0) is 21.1. The summed E-state index contributed by atoms with van der Waals surface area (Å²) in [6.45, 7) is 1.82. The van der Waals surface area contributed by atoms with Gasteiger partial charge in [0.15, 0.2) is 0 Å². The SMILES string of the molecule is C#CCOc1ccc(Cl)cc1/C=C1/C(=O)NC(=O)N(c2ccc(Br)c(C)c2)C1=O. The molecule has 29 heavy (non-hydrogen) atoms. The highest BCUT2D eigenvalue weighted by atomic mass is 79.9. The first-order valence-electron chi connectivity index (χ1n) is 8.35. The second-order valence-electron chi connectivity index (χ2n) is 6.07. The predicted molar refractivity (Wildman–Crippen MR) is 114 cm³/mol. The lowest BCUT2D eigenvalue weighted by molar-refractivity contribution is -0.122. The molecule has 4 amide bonds. The summed E-state index contributed by atoms with van der Waals surface area (Å²) in [6.07, 6.45) is 6.54. The van der Waals surface area contributed by atoms with E-state index >= 15 is 0 Å². The quantitative estimate of drug-likeness (QED) is 0.412. The van der Waals surface area contributed by atoms with Crippen molar-refractivity contribution in [2.24, 2.45) is 0 Å². The average Bonchev–Trinajstić information content (AvgIpc) is 2.67. The molecule has 2 aromatic rings. The van der Waals surface area contributed by atoms with E-state index in [9.17, 15) is 14.4 Å². The van der Waals surface area contributed by atoms with Crippen molar-refractivity contribution in [3.05, 3.63) is 62.6 Å². The molecule has 146 valence electrons. The Bertz CT molecular complexity index is 1100. The van der Waals surface area contributed by atoms with Gasteiger partial charge < -0.3 is 4.74 Å². The average molecular weight is 474 g/mol. The molecule has 1 fully saturated rings. The fourth-order valence-electron chi connectivity index (χ4n) is 2.70. The number of anilines is 1. The topological polar surface area (TPSA) is 75.7 Å². The van der Waals surface area contributed by atoms with Crippen molar-refractivity contribution >= 4 is 57.1 Å². The normalized spacial score (nSPS) is 15.3. The fraction of sp³-hybridized carbons (Fsp3) is 0.0952. The highest BCUT2D eigenvalue weighted by Crippen LogP contribution is 2.29. The van der Waals surface area contributed by atoms with E-state index in [-0.39, 0.29) is 12.2 Å². The van der Waals surface area contributed by atoms with Crippen LogP contribution < -0.4 is 15.0 Å². The Morgan fingerprint density at radius 3 is 2.69 bits per heavy atom. The van der Waals surface area contributed by atoms with Crippen LogP contribution in [0.5, 0.6) is 5.75 Å². The van der Waals surface area contributed by atoms with Gasteiger partial charge in [-0.15, -0.1) is 6.42 Å². The standard InChI is InChI=1S/C21H14BrClN2O4/c1-3-8-29-18-7-4-14(23)10-13(18)11-16-19(26)24-21(28)25(20(16)27)15-5-6-17(22)12(2)9-15/h1,4-7,9-11H,8H2,2H3,(H,24,26,28)/b16-11-. The van der Waals surface area contributed by atoms with E-state index in [4.69, 9.17) is 22.8 Å². The Kier molecular flexibility index (Phi) is 6.06. The molecule has 0 aromatic heterocycles. The van der Waals surface area contributed by atoms with E-state index in [2.05, 4.69) is 27.2 Å². The zero-order valence-electron chi connectivity index (χ0n) is 15.2. The molecule has 8 heteroatoms. The molecule has 0 atom stereocenters. The summed E-state index contributed by atoms with van der Waals surface area (Å²) >= 11 is 9.42. The Morgan fingerprint density at radius 2 is 2.00 bits per heavy atom. The minimum atomic E-state index is -0.825. The first-order valence-corrected chi connectivity index (χ1v) is 9.52. The summed E-state index contributed by atoms with van der Waals surface area (Å²) in [6, 6.07) is 8.86. The molecule has 6 nitrogen and oxygen atoms in total. The highest BCUT2D eigenvalue weighted by molar-refractivity contribution is 9.10. The smallest absolute Gasteiger partial charge is 0.335 e. The van der Waals surface area contributed by atoms with Gasteiger partial charge >= 0.3 is 6.03 Å². The third-order valence-electron chi connectivity index (χ3n) is 4.08. The monoisotopic (exact) mass is 472 g/mol. The maximum absolute atomic E-state index is 13.0. The number of halogens is 2. The van der Waals surface area contributed by atoms with E-state index in [0.29, 0.717) is 22.0 Å². The number of hydrogen-bond donors (Lipinski definition) is 1. The van der Waals surface area contributed by atoms with Crippen LogP contribution in [0, 0.1) is 19.3 Å². The fourth-order valence-corrected chi connectivity index (χ4v) is 3.13.